The summed E-state index contributed by atoms with van der Waals surface area (Å²) in [6, 6.07) is 12.1. The Balaban J connectivity index is 1.40. The molecule has 2 aliphatic heterocycles. The van der Waals surface area contributed by atoms with E-state index in [2.05, 4.69) is 41.2 Å². The predicted octanol–water partition coefficient (Wildman–Crippen LogP) is 3.81. The summed E-state index contributed by atoms with van der Waals surface area (Å²) in [5, 5.41) is 2.98. The molecule has 2 aromatic carbocycles. The average molecular weight is 436 g/mol. The molecule has 1 saturated heterocycles. The van der Waals surface area contributed by atoms with Gasteiger partial charge in [-0.25, -0.2) is 0 Å². The smallest absolute Gasteiger partial charge is 0.248 e. The van der Waals surface area contributed by atoms with Crippen LogP contribution in [0.1, 0.15) is 30.5 Å². The van der Waals surface area contributed by atoms with Crippen LogP contribution in [0.3, 0.4) is 0 Å². The van der Waals surface area contributed by atoms with Crippen molar-refractivity contribution in [1.82, 2.24) is 9.80 Å². The lowest BCUT2D eigenvalue weighted by Gasteiger charge is -2.32. The number of hydrogen-bond acceptors (Lipinski definition) is 5. The van der Waals surface area contributed by atoms with Crippen LogP contribution < -0.4 is 14.8 Å². The molecular weight excluding hydrogens is 402 g/mol. The largest absolute Gasteiger partial charge is 0.493 e. The van der Waals surface area contributed by atoms with Crippen molar-refractivity contribution in [3.8, 4) is 11.5 Å². The summed E-state index contributed by atoms with van der Waals surface area (Å²) in [6.45, 7) is 9.82. The van der Waals surface area contributed by atoms with Crippen LogP contribution >= 0.6 is 0 Å². The van der Waals surface area contributed by atoms with Gasteiger partial charge in [-0.2, -0.15) is 0 Å². The van der Waals surface area contributed by atoms with Crippen molar-refractivity contribution in [3.63, 3.8) is 0 Å². The van der Waals surface area contributed by atoms with Crippen molar-refractivity contribution in [3.05, 3.63) is 59.2 Å². The highest BCUT2D eigenvalue weighted by Gasteiger charge is 2.21. The Bertz CT molecular complexity index is 980. The second-order valence-corrected chi connectivity index (χ2v) is 8.67. The Hall–Kier alpha value is -2.83. The SMILES string of the molecule is CCOc1cc2c(cc1/C=C/C(=O)Nc1cccc(CN3CCN(C)CC3)c1)OC(C)C2. The topological polar surface area (TPSA) is 54.0 Å². The van der Waals surface area contributed by atoms with E-state index in [1.54, 1.807) is 12.2 Å². The average Bonchev–Trinajstić information content (AvgIpc) is 3.13. The number of anilines is 1. The van der Waals surface area contributed by atoms with Crippen LogP contribution in [0.15, 0.2) is 42.5 Å². The van der Waals surface area contributed by atoms with Gasteiger partial charge in [0.25, 0.3) is 0 Å². The Morgan fingerprint density at radius 1 is 1.22 bits per heavy atom. The number of nitrogens with zero attached hydrogens (tertiary/aromatic N) is 2. The molecule has 1 fully saturated rings. The first-order valence-electron chi connectivity index (χ1n) is 11.5. The fourth-order valence-electron chi connectivity index (χ4n) is 4.23. The molecule has 0 spiro atoms. The first kappa shape index (κ1) is 22.4. The maximum Gasteiger partial charge on any atom is 0.248 e. The van der Waals surface area contributed by atoms with E-state index in [1.165, 1.54) is 5.56 Å². The first-order chi connectivity index (χ1) is 15.5. The molecule has 0 bridgehead atoms. The van der Waals surface area contributed by atoms with Crippen LogP contribution in [0.2, 0.25) is 0 Å². The van der Waals surface area contributed by atoms with Crippen LogP contribution in [0.4, 0.5) is 5.69 Å². The van der Waals surface area contributed by atoms with Crippen LogP contribution in [0.25, 0.3) is 6.08 Å². The number of rotatable bonds is 7. The molecule has 2 aliphatic rings. The number of amides is 1. The van der Waals surface area contributed by atoms with Crippen molar-refractivity contribution in [2.45, 2.75) is 32.9 Å². The van der Waals surface area contributed by atoms with E-state index in [4.69, 9.17) is 9.47 Å². The molecule has 1 amide bonds. The summed E-state index contributed by atoms with van der Waals surface area (Å²) in [4.78, 5) is 17.4. The minimum Gasteiger partial charge on any atom is -0.493 e. The number of nitrogens with one attached hydrogen (secondary N) is 1. The normalized spacial score (nSPS) is 19.0. The highest BCUT2D eigenvalue weighted by molar-refractivity contribution is 6.02. The molecule has 1 atom stereocenters. The molecule has 32 heavy (non-hydrogen) atoms. The van der Waals surface area contributed by atoms with E-state index in [1.807, 2.05) is 31.2 Å². The molecule has 4 rings (SSSR count). The van der Waals surface area contributed by atoms with Crippen LogP contribution in [0, 0.1) is 0 Å². The van der Waals surface area contributed by atoms with Gasteiger partial charge in [-0.05, 0) is 56.8 Å². The summed E-state index contributed by atoms with van der Waals surface area (Å²) in [5.74, 6) is 1.48. The Morgan fingerprint density at radius 3 is 2.81 bits per heavy atom. The van der Waals surface area contributed by atoms with Gasteiger partial charge in [0.1, 0.15) is 17.6 Å². The monoisotopic (exact) mass is 435 g/mol. The van der Waals surface area contributed by atoms with Gasteiger partial charge in [-0.1, -0.05) is 12.1 Å². The summed E-state index contributed by atoms with van der Waals surface area (Å²) < 4.78 is 11.7. The van der Waals surface area contributed by atoms with Crippen molar-refractivity contribution in [2.24, 2.45) is 0 Å². The number of carbonyl (C=O) groups excluding carboxylic acids is 1. The number of likely N-dealkylation sites (N-methyl/N-ethyl adjacent to an activating group) is 1. The maximum atomic E-state index is 12.6. The standard InChI is InChI=1S/C26H33N3O3/c1-4-31-24-17-22-14-19(2)32-25(22)16-21(24)8-9-26(30)27-23-7-5-6-20(15-23)18-29-12-10-28(3)11-13-29/h5-9,15-17,19H,4,10-14,18H2,1-3H3,(H,27,30)/b9-8+. The zero-order valence-corrected chi connectivity index (χ0v) is 19.3. The lowest BCUT2D eigenvalue weighted by molar-refractivity contribution is -0.111. The van der Waals surface area contributed by atoms with E-state index in [0.29, 0.717) is 6.61 Å². The third-order valence-corrected chi connectivity index (χ3v) is 5.94. The minimum atomic E-state index is -0.168. The Morgan fingerprint density at radius 2 is 2.03 bits per heavy atom. The van der Waals surface area contributed by atoms with Crippen molar-refractivity contribution in [1.29, 1.82) is 0 Å². The number of fused-ring (bicyclic) bond motifs is 1. The van der Waals surface area contributed by atoms with Crippen molar-refractivity contribution < 1.29 is 14.3 Å². The molecule has 0 aromatic heterocycles. The lowest BCUT2D eigenvalue weighted by atomic mass is 10.1. The molecule has 2 aromatic rings. The van der Waals surface area contributed by atoms with E-state index < -0.39 is 0 Å². The van der Waals surface area contributed by atoms with Crippen molar-refractivity contribution in [2.75, 3.05) is 45.2 Å². The zero-order chi connectivity index (χ0) is 22.5. The van der Waals surface area contributed by atoms with E-state index in [-0.39, 0.29) is 12.0 Å². The van der Waals surface area contributed by atoms with E-state index >= 15 is 0 Å². The predicted molar refractivity (Wildman–Crippen MR) is 128 cm³/mol. The summed E-state index contributed by atoms with van der Waals surface area (Å²) in [6.07, 6.45) is 4.39. The fraction of sp³-hybridized carbons (Fsp3) is 0.423. The second kappa shape index (κ2) is 10.2. The minimum absolute atomic E-state index is 0.167. The van der Waals surface area contributed by atoms with Gasteiger partial charge in [0.15, 0.2) is 0 Å². The number of hydrogen-bond donors (Lipinski definition) is 1. The van der Waals surface area contributed by atoms with E-state index in [0.717, 1.165) is 67.5 Å². The van der Waals surface area contributed by atoms with Gasteiger partial charge in [0, 0.05) is 62.0 Å². The van der Waals surface area contributed by atoms with Crippen LogP contribution in [-0.4, -0.2) is 61.6 Å². The highest BCUT2D eigenvalue weighted by atomic mass is 16.5. The first-order valence-corrected chi connectivity index (χ1v) is 11.5. The number of carbonyl (C=O) groups is 1. The van der Waals surface area contributed by atoms with Crippen LogP contribution in [0.5, 0.6) is 11.5 Å². The quantitative estimate of drug-likeness (QED) is 0.671. The third kappa shape index (κ3) is 5.69. The van der Waals surface area contributed by atoms with Gasteiger partial charge in [0.05, 0.1) is 6.61 Å². The van der Waals surface area contributed by atoms with Gasteiger partial charge >= 0.3 is 0 Å². The maximum absolute atomic E-state index is 12.6. The molecular formula is C26H33N3O3. The van der Waals surface area contributed by atoms with E-state index in [9.17, 15) is 4.79 Å². The molecule has 6 heteroatoms. The van der Waals surface area contributed by atoms with Crippen LogP contribution in [-0.2, 0) is 17.8 Å². The lowest BCUT2D eigenvalue weighted by Crippen LogP contribution is -2.43. The molecule has 1 unspecified atom stereocenters. The molecule has 0 radical (unpaired) electrons. The van der Waals surface area contributed by atoms with Gasteiger partial charge in [-0.15, -0.1) is 0 Å². The van der Waals surface area contributed by atoms with Crippen molar-refractivity contribution >= 4 is 17.7 Å². The Kier molecular flexibility index (Phi) is 7.12. The molecule has 0 saturated carbocycles. The second-order valence-electron chi connectivity index (χ2n) is 8.67. The summed E-state index contributed by atoms with van der Waals surface area (Å²) >= 11 is 0. The molecule has 0 aliphatic carbocycles. The zero-order valence-electron chi connectivity index (χ0n) is 19.3. The summed E-state index contributed by atoms with van der Waals surface area (Å²) in [5.41, 5.74) is 4.01. The molecule has 6 nitrogen and oxygen atoms in total. The number of ether oxygens (including phenoxy) is 2. The summed E-state index contributed by atoms with van der Waals surface area (Å²) in [7, 11) is 2.16. The van der Waals surface area contributed by atoms with Gasteiger partial charge in [-0.3, -0.25) is 9.69 Å². The van der Waals surface area contributed by atoms with Gasteiger partial charge < -0.3 is 19.7 Å². The molecule has 1 N–H and O–H groups in total. The Labute approximate surface area is 190 Å². The van der Waals surface area contributed by atoms with Gasteiger partial charge in [0.2, 0.25) is 5.91 Å². The number of piperazine rings is 1. The highest BCUT2D eigenvalue weighted by Crippen LogP contribution is 2.35. The molecule has 2 heterocycles. The fourth-order valence-corrected chi connectivity index (χ4v) is 4.23. The number of benzene rings is 2. The third-order valence-electron chi connectivity index (χ3n) is 5.94. The molecule has 170 valence electrons.